The van der Waals surface area contributed by atoms with Crippen LogP contribution < -0.4 is 15.5 Å². The number of anilines is 2. The van der Waals surface area contributed by atoms with Gasteiger partial charge in [0.2, 0.25) is 0 Å². The van der Waals surface area contributed by atoms with Crippen molar-refractivity contribution in [1.82, 2.24) is 10.3 Å². The molecule has 1 aliphatic heterocycles. The highest BCUT2D eigenvalue weighted by Crippen LogP contribution is 2.27. The normalized spacial score (nSPS) is 18.7. The number of carbonyl (C=O) groups is 1. The van der Waals surface area contributed by atoms with E-state index in [0.29, 0.717) is 5.92 Å². The summed E-state index contributed by atoms with van der Waals surface area (Å²) in [6.45, 7) is 2.95. The van der Waals surface area contributed by atoms with Crippen molar-refractivity contribution in [3.05, 3.63) is 18.3 Å². The van der Waals surface area contributed by atoms with Crippen molar-refractivity contribution in [2.75, 3.05) is 29.9 Å². The molecule has 2 fully saturated rings. The molecule has 1 aromatic rings. The van der Waals surface area contributed by atoms with Gasteiger partial charge in [0.15, 0.2) is 0 Å². The molecule has 2 amide bonds. The maximum Gasteiger partial charge on any atom is 0.319 e. The lowest BCUT2D eigenvalue weighted by atomic mass is 10.1. The SMILES string of the molecule is O=C(NCC1CC1)Nc1ccc(N2CCCCC2)nc1. The molecule has 2 heterocycles. The maximum absolute atomic E-state index is 11.7. The summed E-state index contributed by atoms with van der Waals surface area (Å²) in [7, 11) is 0. The number of aromatic nitrogens is 1. The molecule has 1 aliphatic carbocycles. The maximum atomic E-state index is 11.7. The number of carbonyl (C=O) groups excluding carboxylic acids is 1. The van der Waals surface area contributed by atoms with Gasteiger partial charge in [0.25, 0.3) is 0 Å². The largest absolute Gasteiger partial charge is 0.357 e. The molecule has 2 N–H and O–H groups in total. The van der Waals surface area contributed by atoms with Crippen LogP contribution in [0.4, 0.5) is 16.3 Å². The summed E-state index contributed by atoms with van der Waals surface area (Å²) in [6, 6.07) is 3.78. The molecular formula is C15H22N4O. The van der Waals surface area contributed by atoms with Gasteiger partial charge in [-0.15, -0.1) is 0 Å². The molecule has 3 rings (SSSR count). The minimum Gasteiger partial charge on any atom is -0.357 e. The van der Waals surface area contributed by atoms with E-state index in [2.05, 4.69) is 20.5 Å². The van der Waals surface area contributed by atoms with Crippen LogP contribution in [-0.4, -0.2) is 30.6 Å². The third kappa shape index (κ3) is 3.62. The number of hydrogen-bond acceptors (Lipinski definition) is 3. The second kappa shape index (κ2) is 6.11. The van der Waals surface area contributed by atoms with E-state index in [-0.39, 0.29) is 6.03 Å². The summed E-state index contributed by atoms with van der Waals surface area (Å²) in [5.74, 6) is 1.70. The number of rotatable bonds is 4. The first-order valence-corrected chi connectivity index (χ1v) is 7.57. The summed E-state index contributed by atoms with van der Waals surface area (Å²) in [4.78, 5) is 18.4. The zero-order valence-corrected chi connectivity index (χ0v) is 11.8. The fraction of sp³-hybridized carbons (Fsp3) is 0.600. The second-order valence-corrected chi connectivity index (χ2v) is 5.73. The Morgan fingerprint density at radius 2 is 2.05 bits per heavy atom. The van der Waals surface area contributed by atoms with E-state index in [1.165, 1.54) is 32.1 Å². The zero-order valence-electron chi connectivity index (χ0n) is 11.8. The van der Waals surface area contributed by atoms with Crippen LogP contribution in [-0.2, 0) is 0 Å². The molecule has 0 atom stereocenters. The van der Waals surface area contributed by atoms with Crippen molar-refractivity contribution in [3.63, 3.8) is 0 Å². The van der Waals surface area contributed by atoms with E-state index in [9.17, 15) is 4.79 Å². The monoisotopic (exact) mass is 274 g/mol. The molecule has 5 nitrogen and oxygen atoms in total. The van der Waals surface area contributed by atoms with Crippen LogP contribution >= 0.6 is 0 Å². The topological polar surface area (TPSA) is 57.3 Å². The minimum absolute atomic E-state index is 0.135. The van der Waals surface area contributed by atoms with Gasteiger partial charge in [-0.3, -0.25) is 0 Å². The Balaban J connectivity index is 1.50. The lowest BCUT2D eigenvalue weighted by Crippen LogP contribution is -2.31. The van der Waals surface area contributed by atoms with Crippen LogP contribution in [0.1, 0.15) is 32.1 Å². The van der Waals surface area contributed by atoms with Crippen molar-refractivity contribution in [2.24, 2.45) is 5.92 Å². The second-order valence-electron chi connectivity index (χ2n) is 5.73. The lowest BCUT2D eigenvalue weighted by Gasteiger charge is -2.27. The quantitative estimate of drug-likeness (QED) is 0.887. The first kappa shape index (κ1) is 13.2. The van der Waals surface area contributed by atoms with Crippen LogP contribution in [0.25, 0.3) is 0 Å². The van der Waals surface area contributed by atoms with E-state index < -0.39 is 0 Å². The van der Waals surface area contributed by atoms with Crippen LogP contribution in [0.15, 0.2) is 18.3 Å². The van der Waals surface area contributed by atoms with E-state index in [1.54, 1.807) is 6.20 Å². The van der Waals surface area contributed by atoms with Crippen LogP contribution in [0.2, 0.25) is 0 Å². The predicted molar refractivity (Wildman–Crippen MR) is 80.0 cm³/mol. The number of piperidine rings is 1. The predicted octanol–water partition coefficient (Wildman–Crippen LogP) is 2.60. The van der Waals surface area contributed by atoms with Crippen LogP contribution in [0.5, 0.6) is 0 Å². The third-order valence-electron chi connectivity index (χ3n) is 3.93. The standard InChI is InChI=1S/C15H22N4O/c20-15(17-10-12-4-5-12)18-13-6-7-14(16-11-13)19-8-2-1-3-9-19/h6-7,11-12H,1-5,8-10H2,(H2,17,18,20). The van der Waals surface area contributed by atoms with Crippen molar-refractivity contribution < 1.29 is 4.79 Å². The van der Waals surface area contributed by atoms with Gasteiger partial charge in [-0.2, -0.15) is 0 Å². The molecule has 0 bridgehead atoms. The molecule has 0 aromatic carbocycles. The summed E-state index contributed by atoms with van der Waals surface area (Å²) in [6.07, 6.45) is 8.02. The number of hydrogen-bond donors (Lipinski definition) is 2. The fourth-order valence-electron chi connectivity index (χ4n) is 2.50. The Bertz CT molecular complexity index is 449. The van der Waals surface area contributed by atoms with Crippen LogP contribution in [0.3, 0.4) is 0 Å². The highest BCUT2D eigenvalue weighted by Gasteiger charge is 2.21. The van der Waals surface area contributed by atoms with E-state index in [4.69, 9.17) is 0 Å². The summed E-state index contributed by atoms with van der Waals surface area (Å²) in [5, 5.41) is 5.71. The Morgan fingerprint density at radius 3 is 2.70 bits per heavy atom. The van der Waals surface area contributed by atoms with Gasteiger partial charge < -0.3 is 15.5 Å². The first-order valence-electron chi connectivity index (χ1n) is 7.57. The lowest BCUT2D eigenvalue weighted by molar-refractivity contribution is 0.251. The average molecular weight is 274 g/mol. The van der Waals surface area contributed by atoms with Gasteiger partial charge in [-0.05, 0) is 50.2 Å². The Labute approximate surface area is 119 Å². The molecule has 1 aromatic heterocycles. The Kier molecular flexibility index (Phi) is 4.04. The van der Waals surface area contributed by atoms with Crippen molar-refractivity contribution in [1.29, 1.82) is 0 Å². The number of amides is 2. The molecule has 2 aliphatic rings. The van der Waals surface area contributed by atoms with Crippen molar-refractivity contribution in [3.8, 4) is 0 Å². The molecule has 5 heteroatoms. The smallest absolute Gasteiger partial charge is 0.319 e. The molecule has 0 spiro atoms. The summed E-state index contributed by atoms with van der Waals surface area (Å²) < 4.78 is 0. The van der Waals surface area contributed by atoms with Gasteiger partial charge in [-0.1, -0.05) is 0 Å². The first-order chi connectivity index (χ1) is 9.81. The molecule has 1 saturated heterocycles. The van der Waals surface area contributed by atoms with E-state index in [0.717, 1.165) is 31.1 Å². The zero-order chi connectivity index (χ0) is 13.8. The molecular weight excluding hydrogens is 252 g/mol. The van der Waals surface area contributed by atoms with Crippen molar-refractivity contribution >= 4 is 17.5 Å². The van der Waals surface area contributed by atoms with E-state index in [1.807, 2.05) is 12.1 Å². The third-order valence-corrected chi connectivity index (χ3v) is 3.93. The van der Waals surface area contributed by atoms with Crippen molar-refractivity contribution in [2.45, 2.75) is 32.1 Å². The van der Waals surface area contributed by atoms with Gasteiger partial charge in [0.05, 0.1) is 11.9 Å². The molecule has 20 heavy (non-hydrogen) atoms. The fourth-order valence-corrected chi connectivity index (χ4v) is 2.50. The van der Waals surface area contributed by atoms with Gasteiger partial charge in [0.1, 0.15) is 5.82 Å². The van der Waals surface area contributed by atoms with Crippen LogP contribution in [0, 0.1) is 5.92 Å². The highest BCUT2D eigenvalue weighted by atomic mass is 16.2. The van der Waals surface area contributed by atoms with Gasteiger partial charge in [0, 0.05) is 19.6 Å². The van der Waals surface area contributed by atoms with Gasteiger partial charge in [-0.25, -0.2) is 9.78 Å². The average Bonchev–Trinajstić information content (AvgIpc) is 3.31. The number of pyridine rings is 1. The summed E-state index contributed by atoms with van der Waals surface area (Å²) >= 11 is 0. The number of nitrogens with zero attached hydrogens (tertiary/aromatic N) is 2. The molecule has 1 saturated carbocycles. The Hall–Kier alpha value is -1.78. The highest BCUT2D eigenvalue weighted by molar-refractivity contribution is 5.89. The number of nitrogens with one attached hydrogen (secondary N) is 2. The minimum atomic E-state index is -0.135. The molecule has 108 valence electrons. The number of urea groups is 1. The Morgan fingerprint density at radius 1 is 1.25 bits per heavy atom. The summed E-state index contributed by atoms with van der Waals surface area (Å²) in [5.41, 5.74) is 0.749. The molecule has 0 radical (unpaired) electrons. The molecule has 0 unspecified atom stereocenters. The van der Waals surface area contributed by atoms with Gasteiger partial charge >= 0.3 is 6.03 Å². The van der Waals surface area contributed by atoms with E-state index >= 15 is 0 Å².